The predicted molar refractivity (Wildman–Crippen MR) is 79.4 cm³/mol. The minimum atomic E-state index is -0.00694. The van der Waals surface area contributed by atoms with Crippen LogP contribution in [0, 0.1) is 0 Å². The molecule has 1 aliphatic heterocycles. The molecule has 2 aromatic heterocycles. The molecule has 22 heavy (non-hydrogen) atoms. The number of aromatic nitrogens is 3. The first-order valence-electron chi connectivity index (χ1n) is 8.06. The van der Waals surface area contributed by atoms with E-state index in [0.717, 1.165) is 51.0 Å². The average Bonchev–Trinajstić information content (AvgIpc) is 3.06. The van der Waals surface area contributed by atoms with Crippen LogP contribution in [0.5, 0.6) is 0 Å². The Labute approximate surface area is 129 Å². The van der Waals surface area contributed by atoms with Crippen LogP contribution in [0.4, 0.5) is 0 Å². The van der Waals surface area contributed by atoms with Gasteiger partial charge in [-0.1, -0.05) is 5.16 Å². The molecule has 4 rings (SSSR count). The van der Waals surface area contributed by atoms with Gasteiger partial charge in [-0.2, -0.15) is 5.10 Å². The summed E-state index contributed by atoms with van der Waals surface area (Å²) in [4.78, 5) is 14.7. The van der Waals surface area contributed by atoms with Crippen molar-refractivity contribution in [3.8, 4) is 0 Å². The van der Waals surface area contributed by atoms with Crippen molar-refractivity contribution in [3.05, 3.63) is 36.0 Å². The molecule has 3 heterocycles. The highest BCUT2D eigenvalue weighted by Crippen LogP contribution is 2.40. The molecule has 0 N–H and O–H groups in total. The highest BCUT2D eigenvalue weighted by atomic mass is 16.5. The predicted octanol–water partition coefficient (Wildman–Crippen LogP) is 2.44. The van der Waals surface area contributed by atoms with E-state index in [2.05, 4.69) is 10.3 Å². The SMILES string of the molecule is O=C(c1cc(C2CC2)on1)N1CCCC[C@H]1Cn1cccn1. The number of carbonyl (C=O) groups is 1. The van der Waals surface area contributed by atoms with Crippen LogP contribution in [0.25, 0.3) is 0 Å². The Hall–Kier alpha value is -2.11. The van der Waals surface area contributed by atoms with Crippen LogP contribution in [0.15, 0.2) is 29.0 Å². The standard InChI is InChI=1S/C16H20N4O2/c21-16(14-10-15(22-18-14)12-5-6-12)20-9-2-1-4-13(20)11-19-8-3-7-17-19/h3,7-8,10,12-13H,1-2,4-6,9,11H2/t13-/m0/s1. The Morgan fingerprint density at radius 1 is 1.32 bits per heavy atom. The van der Waals surface area contributed by atoms with Gasteiger partial charge >= 0.3 is 0 Å². The Balaban J connectivity index is 1.50. The third-order valence-corrected chi connectivity index (χ3v) is 4.57. The topological polar surface area (TPSA) is 64.2 Å². The molecule has 1 saturated carbocycles. The smallest absolute Gasteiger partial charge is 0.276 e. The van der Waals surface area contributed by atoms with Gasteiger partial charge in [0.15, 0.2) is 5.69 Å². The highest BCUT2D eigenvalue weighted by molar-refractivity contribution is 5.92. The molecule has 6 nitrogen and oxygen atoms in total. The van der Waals surface area contributed by atoms with E-state index in [1.165, 1.54) is 0 Å². The van der Waals surface area contributed by atoms with Crippen molar-refractivity contribution in [2.45, 2.75) is 50.6 Å². The summed E-state index contributed by atoms with van der Waals surface area (Å²) in [5.41, 5.74) is 0.453. The summed E-state index contributed by atoms with van der Waals surface area (Å²) in [6, 6.07) is 3.93. The van der Waals surface area contributed by atoms with E-state index < -0.39 is 0 Å². The van der Waals surface area contributed by atoms with E-state index in [9.17, 15) is 4.79 Å². The first-order chi connectivity index (χ1) is 10.8. The van der Waals surface area contributed by atoms with Crippen LogP contribution >= 0.6 is 0 Å². The lowest BCUT2D eigenvalue weighted by Gasteiger charge is -2.35. The minimum absolute atomic E-state index is 0.00694. The maximum atomic E-state index is 12.8. The molecule has 1 atom stereocenters. The van der Waals surface area contributed by atoms with Crippen molar-refractivity contribution in [3.63, 3.8) is 0 Å². The van der Waals surface area contributed by atoms with E-state index in [1.54, 1.807) is 6.20 Å². The maximum absolute atomic E-state index is 12.8. The largest absolute Gasteiger partial charge is 0.360 e. The molecule has 0 unspecified atom stereocenters. The van der Waals surface area contributed by atoms with Gasteiger partial charge in [-0.25, -0.2) is 0 Å². The molecule has 1 aliphatic carbocycles. The summed E-state index contributed by atoms with van der Waals surface area (Å²) in [6.07, 6.45) is 9.23. The molecule has 6 heteroatoms. The van der Waals surface area contributed by atoms with Crippen LogP contribution in [-0.4, -0.2) is 38.3 Å². The zero-order chi connectivity index (χ0) is 14.9. The van der Waals surface area contributed by atoms with Gasteiger partial charge in [0, 0.05) is 30.9 Å². The van der Waals surface area contributed by atoms with Gasteiger partial charge in [0.05, 0.1) is 12.6 Å². The first kappa shape index (κ1) is 13.5. The highest BCUT2D eigenvalue weighted by Gasteiger charge is 2.32. The third-order valence-electron chi connectivity index (χ3n) is 4.57. The number of amides is 1. The van der Waals surface area contributed by atoms with Gasteiger partial charge in [-0.3, -0.25) is 9.48 Å². The second-order valence-corrected chi connectivity index (χ2v) is 6.27. The summed E-state index contributed by atoms with van der Waals surface area (Å²) in [6.45, 7) is 1.53. The monoisotopic (exact) mass is 300 g/mol. The quantitative estimate of drug-likeness (QED) is 0.870. The van der Waals surface area contributed by atoms with Gasteiger partial charge in [0.1, 0.15) is 5.76 Å². The van der Waals surface area contributed by atoms with E-state index in [1.807, 2.05) is 27.9 Å². The Kier molecular flexibility index (Phi) is 3.44. The molecule has 1 amide bonds. The van der Waals surface area contributed by atoms with Crippen molar-refractivity contribution in [2.24, 2.45) is 0 Å². The Bertz CT molecular complexity index is 645. The molecule has 2 aromatic rings. The molecule has 2 aliphatic rings. The fourth-order valence-electron chi connectivity index (χ4n) is 3.18. The molecule has 0 spiro atoms. The Morgan fingerprint density at radius 3 is 3.00 bits per heavy atom. The van der Waals surface area contributed by atoms with E-state index in [4.69, 9.17) is 4.52 Å². The van der Waals surface area contributed by atoms with Crippen molar-refractivity contribution in [1.29, 1.82) is 0 Å². The molecule has 2 fully saturated rings. The number of rotatable bonds is 4. The van der Waals surface area contributed by atoms with Crippen molar-refractivity contribution in [2.75, 3.05) is 6.54 Å². The number of nitrogens with zero attached hydrogens (tertiary/aromatic N) is 4. The molecular weight excluding hydrogens is 280 g/mol. The first-order valence-corrected chi connectivity index (χ1v) is 8.06. The minimum Gasteiger partial charge on any atom is -0.360 e. The van der Waals surface area contributed by atoms with Gasteiger partial charge in [0.25, 0.3) is 5.91 Å². The zero-order valence-electron chi connectivity index (χ0n) is 12.5. The summed E-state index contributed by atoms with van der Waals surface area (Å²) < 4.78 is 7.22. The molecular formula is C16H20N4O2. The molecule has 0 aromatic carbocycles. The second-order valence-electron chi connectivity index (χ2n) is 6.27. The lowest BCUT2D eigenvalue weighted by Crippen LogP contribution is -2.46. The molecule has 0 radical (unpaired) electrons. The summed E-state index contributed by atoms with van der Waals surface area (Å²) >= 11 is 0. The van der Waals surface area contributed by atoms with E-state index in [0.29, 0.717) is 11.6 Å². The summed E-state index contributed by atoms with van der Waals surface area (Å²) in [7, 11) is 0. The van der Waals surface area contributed by atoms with Crippen molar-refractivity contribution in [1.82, 2.24) is 19.8 Å². The third kappa shape index (κ3) is 2.65. The summed E-state index contributed by atoms with van der Waals surface area (Å²) in [5, 5.41) is 8.25. The lowest BCUT2D eigenvalue weighted by molar-refractivity contribution is 0.0573. The van der Waals surface area contributed by atoms with Crippen LogP contribution in [-0.2, 0) is 6.54 Å². The van der Waals surface area contributed by atoms with Crippen LogP contribution in [0.1, 0.15) is 54.3 Å². The van der Waals surface area contributed by atoms with Crippen LogP contribution < -0.4 is 0 Å². The number of hydrogen-bond acceptors (Lipinski definition) is 4. The zero-order valence-corrected chi connectivity index (χ0v) is 12.5. The van der Waals surface area contributed by atoms with Gasteiger partial charge in [0.2, 0.25) is 0 Å². The lowest BCUT2D eigenvalue weighted by atomic mass is 10.0. The van der Waals surface area contributed by atoms with Gasteiger partial charge < -0.3 is 9.42 Å². The number of likely N-dealkylation sites (tertiary alicyclic amines) is 1. The van der Waals surface area contributed by atoms with Crippen molar-refractivity contribution < 1.29 is 9.32 Å². The number of piperidine rings is 1. The maximum Gasteiger partial charge on any atom is 0.276 e. The summed E-state index contributed by atoms with van der Waals surface area (Å²) in [5.74, 6) is 1.34. The molecule has 0 bridgehead atoms. The second kappa shape index (κ2) is 5.59. The fraction of sp³-hybridized carbons (Fsp3) is 0.562. The average molecular weight is 300 g/mol. The number of carbonyl (C=O) groups excluding carboxylic acids is 1. The fourth-order valence-corrected chi connectivity index (χ4v) is 3.18. The Morgan fingerprint density at radius 2 is 2.23 bits per heavy atom. The van der Waals surface area contributed by atoms with Crippen LogP contribution in [0.3, 0.4) is 0 Å². The van der Waals surface area contributed by atoms with Gasteiger partial charge in [-0.05, 0) is 38.2 Å². The van der Waals surface area contributed by atoms with Crippen LogP contribution in [0.2, 0.25) is 0 Å². The molecule has 1 saturated heterocycles. The van der Waals surface area contributed by atoms with Gasteiger partial charge in [-0.15, -0.1) is 0 Å². The van der Waals surface area contributed by atoms with E-state index in [-0.39, 0.29) is 11.9 Å². The number of hydrogen-bond donors (Lipinski definition) is 0. The molecule has 116 valence electrons. The normalized spacial score (nSPS) is 22.0. The van der Waals surface area contributed by atoms with E-state index >= 15 is 0 Å². The van der Waals surface area contributed by atoms with Crippen molar-refractivity contribution >= 4 is 5.91 Å².